The molecule has 0 heterocycles. The number of carbonyl (C=O) groups is 1. The second-order valence-electron chi connectivity index (χ2n) is 2.66. The van der Waals surface area contributed by atoms with Crippen LogP contribution in [0.5, 0.6) is 0 Å². The van der Waals surface area contributed by atoms with E-state index in [2.05, 4.69) is 0 Å². The van der Waals surface area contributed by atoms with E-state index < -0.39 is 22.4 Å². The molecule has 0 unspecified atom stereocenters. The van der Waals surface area contributed by atoms with Gasteiger partial charge in [-0.25, -0.2) is 0 Å². The Hall–Kier alpha value is -1.98. The summed E-state index contributed by atoms with van der Waals surface area (Å²) in [5.41, 5.74) is -1.15. The van der Waals surface area contributed by atoms with E-state index in [9.17, 15) is 24.4 Å². The molecule has 0 amide bonds. The second-order valence-corrected chi connectivity index (χ2v) is 2.66. The van der Waals surface area contributed by atoms with Crippen LogP contribution in [0.1, 0.15) is 15.9 Å². The Morgan fingerprint density at radius 1 is 1.50 bits per heavy atom. The minimum atomic E-state index is -1.56. The zero-order valence-corrected chi connectivity index (χ0v) is 7.11. The Balaban J connectivity index is 3.42. The molecule has 0 saturated heterocycles. The van der Waals surface area contributed by atoms with Crippen molar-refractivity contribution in [2.24, 2.45) is 0 Å². The molecule has 1 aromatic rings. The van der Waals surface area contributed by atoms with Gasteiger partial charge in [-0.1, -0.05) is 0 Å². The molecule has 14 heavy (non-hydrogen) atoms. The van der Waals surface area contributed by atoms with Crippen LogP contribution in [0.25, 0.3) is 0 Å². The van der Waals surface area contributed by atoms with E-state index in [1.54, 1.807) is 0 Å². The van der Waals surface area contributed by atoms with Gasteiger partial charge in [-0.15, -0.1) is 0 Å². The first-order chi connectivity index (χ1) is 6.43. The van der Waals surface area contributed by atoms with Crippen LogP contribution in [0, 0.1) is 22.9 Å². The zero-order chi connectivity index (χ0) is 10.9. The highest BCUT2D eigenvalue weighted by Gasteiger charge is 2.16. The standard InChI is InChI=1S/C8H6FNO4/c1-4-2-6(9)7(10(13)14)3-5(4)8(11)12/h2-3H,1H3,(H,11,12)/p-1. The average Bonchev–Trinajstić information content (AvgIpc) is 2.02. The van der Waals surface area contributed by atoms with E-state index in [0.717, 1.165) is 6.07 Å². The first-order valence-corrected chi connectivity index (χ1v) is 3.59. The van der Waals surface area contributed by atoms with Crippen LogP contribution < -0.4 is 5.11 Å². The number of aryl methyl sites for hydroxylation is 1. The molecule has 0 aromatic heterocycles. The Bertz CT molecular complexity index is 381. The molecule has 0 saturated carbocycles. The second kappa shape index (κ2) is 3.41. The van der Waals surface area contributed by atoms with Crippen LogP contribution in [0.15, 0.2) is 12.1 Å². The molecule has 5 nitrogen and oxygen atoms in total. The van der Waals surface area contributed by atoms with E-state index >= 15 is 0 Å². The molecule has 0 aliphatic heterocycles. The number of carboxylic acid groups (broad SMARTS) is 1. The van der Waals surface area contributed by atoms with Crippen molar-refractivity contribution in [3.05, 3.63) is 39.2 Å². The molecular formula is C8H5FNO4-. The monoisotopic (exact) mass is 198 g/mol. The zero-order valence-electron chi connectivity index (χ0n) is 7.11. The fourth-order valence-corrected chi connectivity index (χ4v) is 1.02. The molecule has 0 bridgehead atoms. The molecule has 0 fully saturated rings. The maximum atomic E-state index is 12.9. The van der Waals surface area contributed by atoms with E-state index in [4.69, 9.17) is 0 Å². The predicted molar refractivity (Wildman–Crippen MR) is 42.1 cm³/mol. The summed E-state index contributed by atoms with van der Waals surface area (Å²) < 4.78 is 12.9. The van der Waals surface area contributed by atoms with Crippen molar-refractivity contribution in [2.75, 3.05) is 0 Å². The number of aromatic carboxylic acids is 1. The Kier molecular flexibility index (Phi) is 2.46. The quantitative estimate of drug-likeness (QED) is 0.508. The molecular weight excluding hydrogens is 193 g/mol. The van der Waals surface area contributed by atoms with E-state index in [1.165, 1.54) is 6.92 Å². The molecule has 0 aliphatic carbocycles. The van der Waals surface area contributed by atoms with Crippen LogP contribution in [-0.4, -0.2) is 10.9 Å². The topological polar surface area (TPSA) is 83.3 Å². The first-order valence-electron chi connectivity index (χ1n) is 3.59. The van der Waals surface area contributed by atoms with Crippen molar-refractivity contribution >= 4 is 11.7 Å². The molecule has 1 rings (SSSR count). The summed E-state index contributed by atoms with van der Waals surface area (Å²) in [6, 6.07) is 1.45. The third-order valence-electron chi connectivity index (χ3n) is 1.71. The lowest BCUT2D eigenvalue weighted by atomic mass is 10.1. The number of nitrogens with zero attached hydrogens (tertiary/aromatic N) is 1. The molecule has 0 atom stereocenters. The van der Waals surface area contributed by atoms with Gasteiger partial charge in [0.2, 0.25) is 5.82 Å². The van der Waals surface area contributed by atoms with Crippen molar-refractivity contribution in [1.82, 2.24) is 0 Å². The van der Waals surface area contributed by atoms with Gasteiger partial charge in [-0.05, 0) is 18.6 Å². The molecule has 0 aliphatic rings. The summed E-state index contributed by atoms with van der Waals surface area (Å²) in [5, 5.41) is 20.7. The van der Waals surface area contributed by atoms with Crippen LogP contribution >= 0.6 is 0 Å². The van der Waals surface area contributed by atoms with Crippen molar-refractivity contribution in [3.8, 4) is 0 Å². The third kappa shape index (κ3) is 1.68. The van der Waals surface area contributed by atoms with E-state index in [0.29, 0.717) is 6.07 Å². The highest BCUT2D eigenvalue weighted by molar-refractivity contribution is 5.88. The van der Waals surface area contributed by atoms with E-state index in [-0.39, 0.29) is 11.1 Å². The fourth-order valence-electron chi connectivity index (χ4n) is 1.02. The maximum absolute atomic E-state index is 12.9. The summed E-state index contributed by atoms with van der Waals surface area (Å²) >= 11 is 0. The van der Waals surface area contributed by atoms with Crippen molar-refractivity contribution in [1.29, 1.82) is 0 Å². The minimum absolute atomic E-state index is 0.0908. The lowest BCUT2D eigenvalue weighted by Crippen LogP contribution is -2.23. The van der Waals surface area contributed by atoms with Gasteiger partial charge in [0.25, 0.3) is 0 Å². The van der Waals surface area contributed by atoms with Gasteiger partial charge in [0.05, 0.1) is 10.9 Å². The lowest BCUT2D eigenvalue weighted by Gasteiger charge is -2.06. The summed E-state index contributed by atoms with van der Waals surface area (Å²) in [6.07, 6.45) is 0. The summed E-state index contributed by atoms with van der Waals surface area (Å²) in [5.74, 6) is -2.62. The number of hydrogen-bond acceptors (Lipinski definition) is 4. The number of carbonyl (C=O) groups excluding carboxylic acids is 1. The summed E-state index contributed by atoms with van der Waals surface area (Å²) in [7, 11) is 0. The average molecular weight is 198 g/mol. The van der Waals surface area contributed by atoms with E-state index in [1.807, 2.05) is 0 Å². The molecule has 74 valence electrons. The maximum Gasteiger partial charge on any atom is 0.305 e. The van der Waals surface area contributed by atoms with Gasteiger partial charge >= 0.3 is 5.69 Å². The van der Waals surface area contributed by atoms with Gasteiger partial charge in [0.1, 0.15) is 0 Å². The molecule has 0 N–H and O–H groups in total. The van der Waals surface area contributed by atoms with Crippen LogP contribution in [0.4, 0.5) is 10.1 Å². The largest absolute Gasteiger partial charge is 0.545 e. The highest BCUT2D eigenvalue weighted by Crippen LogP contribution is 2.21. The minimum Gasteiger partial charge on any atom is -0.545 e. The van der Waals surface area contributed by atoms with Gasteiger partial charge in [0.15, 0.2) is 0 Å². The predicted octanol–water partition coefficient (Wildman–Crippen LogP) is 0.406. The van der Waals surface area contributed by atoms with Crippen LogP contribution in [0.3, 0.4) is 0 Å². The van der Waals surface area contributed by atoms with Gasteiger partial charge < -0.3 is 9.90 Å². The number of benzene rings is 1. The smallest absolute Gasteiger partial charge is 0.305 e. The van der Waals surface area contributed by atoms with Crippen molar-refractivity contribution in [2.45, 2.75) is 6.92 Å². The molecule has 1 aromatic carbocycles. The molecule has 0 spiro atoms. The number of nitro benzene ring substituents is 1. The van der Waals surface area contributed by atoms with Crippen molar-refractivity contribution < 1.29 is 19.2 Å². The molecule has 6 heteroatoms. The fraction of sp³-hybridized carbons (Fsp3) is 0.125. The summed E-state index contributed by atoms with van der Waals surface area (Å²) in [6.45, 7) is 1.33. The Morgan fingerprint density at radius 2 is 2.07 bits per heavy atom. The third-order valence-corrected chi connectivity index (χ3v) is 1.71. The van der Waals surface area contributed by atoms with Gasteiger partial charge in [-0.2, -0.15) is 4.39 Å². The number of nitro groups is 1. The SMILES string of the molecule is Cc1cc(F)c([N+](=O)[O-])cc1C(=O)[O-]. The Morgan fingerprint density at radius 3 is 2.50 bits per heavy atom. The summed E-state index contributed by atoms with van der Waals surface area (Å²) in [4.78, 5) is 19.7. The highest BCUT2D eigenvalue weighted by atomic mass is 19.1. The molecule has 0 radical (unpaired) electrons. The van der Waals surface area contributed by atoms with Gasteiger partial charge in [0, 0.05) is 11.6 Å². The Labute approximate surface area is 77.9 Å². The first kappa shape index (κ1) is 10.1. The number of rotatable bonds is 2. The van der Waals surface area contributed by atoms with Crippen LogP contribution in [-0.2, 0) is 0 Å². The van der Waals surface area contributed by atoms with Gasteiger partial charge in [-0.3, -0.25) is 10.1 Å². The van der Waals surface area contributed by atoms with Crippen molar-refractivity contribution in [3.63, 3.8) is 0 Å². The van der Waals surface area contributed by atoms with Crippen LogP contribution in [0.2, 0.25) is 0 Å². The number of hydrogen-bond donors (Lipinski definition) is 0. The normalized spacial score (nSPS) is 9.86. The number of halogens is 1. The lowest BCUT2D eigenvalue weighted by molar-refractivity contribution is -0.387. The number of carboxylic acids is 1.